The van der Waals surface area contributed by atoms with Crippen molar-refractivity contribution in [2.75, 3.05) is 13.1 Å². The minimum atomic E-state index is -0.151. The van der Waals surface area contributed by atoms with Gasteiger partial charge in [-0.2, -0.15) is 11.3 Å². The van der Waals surface area contributed by atoms with Gasteiger partial charge in [0.1, 0.15) is 0 Å². The van der Waals surface area contributed by atoms with Crippen LogP contribution in [0, 0.1) is 0 Å². The van der Waals surface area contributed by atoms with Gasteiger partial charge >= 0.3 is 0 Å². The minimum absolute atomic E-state index is 0.151. The summed E-state index contributed by atoms with van der Waals surface area (Å²) in [7, 11) is 0. The van der Waals surface area contributed by atoms with Crippen LogP contribution in [0.25, 0.3) is 0 Å². The van der Waals surface area contributed by atoms with Crippen LogP contribution in [0.3, 0.4) is 0 Å². The van der Waals surface area contributed by atoms with E-state index >= 15 is 0 Å². The molecule has 98 valence electrons. The van der Waals surface area contributed by atoms with Crippen LogP contribution in [0.4, 0.5) is 0 Å². The summed E-state index contributed by atoms with van der Waals surface area (Å²) >= 11 is 1.63. The highest BCUT2D eigenvalue weighted by Gasteiger charge is 2.46. The highest BCUT2D eigenvalue weighted by molar-refractivity contribution is 7.08. The fourth-order valence-electron chi connectivity index (χ4n) is 3.63. The summed E-state index contributed by atoms with van der Waals surface area (Å²) < 4.78 is 0. The third-order valence-electron chi connectivity index (χ3n) is 4.60. The fraction of sp³-hybridized carbons (Fsp3) is 0.667. The molecular formula is C15H21NOS. The van der Waals surface area contributed by atoms with E-state index in [2.05, 4.69) is 4.90 Å². The molecule has 0 atom stereocenters. The van der Waals surface area contributed by atoms with Crippen molar-refractivity contribution in [3.8, 4) is 0 Å². The maximum absolute atomic E-state index is 12.9. The van der Waals surface area contributed by atoms with Gasteiger partial charge in [0.05, 0.1) is 5.54 Å². The molecular weight excluding hydrogens is 242 g/mol. The number of ketones is 1. The summed E-state index contributed by atoms with van der Waals surface area (Å²) in [6.45, 7) is 2.24. The lowest BCUT2D eigenvalue weighted by atomic mass is 9.85. The Bertz CT molecular complexity index is 400. The second kappa shape index (κ2) is 5.14. The van der Waals surface area contributed by atoms with Gasteiger partial charge in [-0.05, 0) is 50.2 Å². The molecule has 1 saturated carbocycles. The van der Waals surface area contributed by atoms with Crippen molar-refractivity contribution in [2.24, 2.45) is 0 Å². The molecule has 0 N–H and O–H groups in total. The van der Waals surface area contributed by atoms with E-state index < -0.39 is 0 Å². The number of rotatable bonds is 3. The van der Waals surface area contributed by atoms with Gasteiger partial charge in [-0.25, -0.2) is 0 Å². The van der Waals surface area contributed by atoms with Crippen molar-refractivity contribution in [3.63, 3.8) is 0 Å². The van der Waals surface area contributed by atoms with Gasteiger partial charge in [-0.15, -0.1) is 0 Å². The van der Waals surface area contributed by atoms with Gasteiger partial charge in [0.2, 0.25) is 0 Å². The predicted molar refractivity (Wildman–Crippen MR) is 75.3 cm³/mol. The highest BCUT2D eigenvalue weighted by Crippen LogP contribution is 2.39. The lowest BCUT2D eigenvalue weighted by Crippen LogP contribution is -2.54. The molecule has 3 heteroatoms. The molecule has 0 spiro atoms. The topological polar surface area (TPSA) is 20.3 Å². The Labute approximate surface area is 113 Å². The van der Waals surface area contributed by atoms with Crippen LogP contribution in [-0.4, -0.2) is 29.3 Å². The third-order valence-corrected chi connectivity index (χ3v) is 5.28. The largest absolute Gasteiger partial charge is 0.292 e. The summed E-state index contributed by atoms with van der Waals surface area (Å²) in [6, 6.07) is 2.00. The Morgan fingerprint density at radius 2 is 1.83 bits per heavy atom. The van der Waals surface area contributed by atoms with Gasteiger partial charge in [-0.1, -0.05) is 19.3 Å². The average molecular weight is 263 g/mol. The Balaban J connectivity index is 1.88. The van der Waals surface area contributed by atoms with E-state index in [1.54, 1.807) is 11.3 Å². The number of hydrogen-bond acceptors (Lipinski definition) is 3. The molecule has 2 heterocycles. The molecule has 1 aromatic heterocycles. The molecule has 0 radical (unpaired) electrons. The number of nitrogens with zero attached hydrogens (tertiary/aromatic N) is 1. The molecule has 1 saturated heterocycles. The molecule has 2 nitrogen and oxygen atoms in total. The molecule has 2 aliphatic rings. The van der Waals surface area contributed by atoms with Crippen LogP contribution in [0.5, 0.6) is 0 Å². The van der Waals surface area contributed by atoms with E-state index in [0.717, 1.165) is 31.5 Å². The van der Waals surface area contributed by atoms with Crippen molar-refractivity contribution in [2.45, 2.75) is 50.5 Å². The van der Waals surface area contributed by atoms with E-state index in [1.807, 2.05) is 16.8 Å². The Morgan fingerprint density at radius 3 is 2.44 bits per heavy atom. The second-order valence-electron chi connectivity index (χ2n) is 5.63. The third kappa shape index (κ3) is 2.04. The van der Waals surface area contributed by atoms with Gasteiger partial charge < -0.3 is 0 Å². The Morgan fingerprint density at radius 1 is 1.11 bits per heavy atom. The quantitative estimate of drug-likeness (QED) is 0.774. The van der Waals surface area contributed by atoms with E-state index in [4.69, 9.17) is 0 Å². The number of Topliss-reactive ketones (excluding diaryl/α,β-unsaturated/α-hetero) is 1. The van der Waals surface area contributed by atoms with Crippen LogP contribution in [-0.2, 0) is 0 Å². The van der Waals surface area contributed by atoms with Crippen LogP contribution in [0.2, 0.25) is 0 Å². The average Bonchev–Trinajstić information content (AvgIpc) is 3.11. The van der Waals surface area contributed by atoms with Crippen LogP contribution < -0.4 is 0 Å². The van der Waals surface area contributed by atoms with E-state index in [1.165, 1.54) is 32.1 Å². The first-order valence-corrected chi connectivity index (χ1v) is 8.09. The van der Waals surface area contributed by atoms with Crippen molar-refractivity contribution < 1.29 is 4.79 Å². The summed E-state index contributed by atoms with van der Waals surface area (Å²) in [4.78, 5) is 15.4. The minimum Gasteiger partial charge on any atom is -0.292 e. The molecule has 0 bridgehead atoms. The number of thiophene rings is 1. The summed E-state index contributed by atoms with van der Waals surface area (Å²) in [6.07, 6.45) is 8.43. The summed E-state index contributed by atoms with van der Waals surface area (Å²) in [5, 5.41) is 4.04. The SMILES string of the molecule is O=C(c1ccsc1)C1(N2CCCCC2)CCCC1. The van der Waals surface area contributed by atoms with E-state index in [-0.39, 0.29) is 5.54 Å². The van der Waals surface area contributed by atoms with Crippen LogP contribution in [0.15, 0.2) is 16.8 Å². The monoisotopic (exact) mass is 263 g/mol. The molecule has 1 aliphatic heterocycles. The Kier molecular flexibility index (Phi) is 3.53. The molecule has 1 aliphatic carbocycles. The lowest BCUT2D eigenvalue weighted by molar-refractivity contribution is 0.0478. The highest BCUT2D eigenvalue weighted by atomic mass is 32.1. The zero-order valence-electron chi connectivity index (χ0n) is 10.9. The smallest absolute Gasteiger partial charge is 0.183 e. The number of hydrogen-bond donors (Lipinski definition) is 0. The molecule has 0 unspecified atom stereocenters. The molecule has 2 fully saturated rings. The van der Waals surface area contributed by atoms with Crippen molar-refractivity contribution in [1.29, 1.82) is 0 Å². The van der Waals surface area contributed by atoms with Crippen molar-refractivity contribution in [3.05, 3.63) is 22.4 Å². The lowest BCUT2D eigenvalue weighted by Gasteiger charge is -2.42. The molecule has 1 aromatic rings. The van der Waals surface area contributed by atoms with Crippen molar-refractivity contribution in [1.82, 2.24) is 4.90 Å². The first-order chi connectivity index (χ1) is 8.83. The normalized spacial score (nSPS) is 24.2. The zero-order valence-corrected chi connectivity index (χ0v) is 11.7. The molecule has 0 amide bonds. The fourth-order valence-corrected chi connectivity index (χ4v) is 4.27. The van der Waals surface area contributed by atoms with Gasteiger partial charge in [0, 0.05) is 10.9 Å². The number of piperidine rings is 1. The summed E-state index contributed by atoms with van der Waals surface area (Å²) in [5.41, 5.74) is 0.786. The van der Waals surface area contributed by atoms with E-state index in [9.17, 15) is 4.79 Å². The standard InChI is InChI=1S/C15H21NOS/c17-14(13-6-11-18-12-13)15(7-2-3-8-15)16-9-4-1-5-10-16/h6,11-12H,1-5,7-10H2. The molecule has 0 aromatic carbocycles. The summed E-state index contributed by atoms with van der Waals surface area (Å²) in [5.74, 6) is 0.392. The van der Waals surface area contributed by atoms with Crippen LogP contribution in [0.1, 0.15) is 55.3 Å². The first-order valence-electron chi connectivity index (χ1n) is 7.15. The van der Waals surface area contributed by atoms with Crippen molar-refractivity contribution >= 4 is 17.1 Å². The molecule has 3 rings (SSSR count). The van der Waals surface area contributed by atoms with Crippen LogP contribution >= 0.6 is 11.3 Å². The Hall–Kier alpha value is -0.670. The predicted octanol–water partition coefficient (Wildman–Crippen LogP) is 3.73. The number of carbonyl (C=O) groups is 1. The van der Waals surface area contributed by atoms with Gasteiger partial charge in [0.15, 0.2) is 5.78 Å². The second-order valence-corrected chi connectivity index (χ2v) is 6.41. The first kappa shape index (κ1) is 12.4. The van der Waals surface area contributed by atoms with Gasteiger partial charge in [0.25, 0.3) is 0 Å². The number of carbonyl (C=O) groups excluding carboxylic acids is 1. The maximum atomic E-state index is 12.9. The maximum Gasteiger partial charge on any atom is 0.183 e. The number of likely N-dealkylation sites (tertiary alicyclic amines) is 1. The zero-order chi connectivity index (χ0) is 12.4. The van der Waals surface area contributed by atoms with E-state index in [0.29, 0.717) is 5.78 Å². The van der Waals surface area contributed by atoms with Gasteiger partial charge in [-0.3, -0.25) is 9.69 Å². The molecule has 18 heavy (non-hydrogen) atoms.